The molecule has 0 spiro atoms. The number of imidazole rings is 1. The van der Waals surface area contributed by atoms with Crippen LogP contribution in [0.5, 0.6) is 5.75 Å². The molecule has 33 heavy (non-hydrogen) atoms. The number of aryl methyl sites for hydroxylation is 1. The Kier molecular flexibility index (Phi) is 7.88. The van der Waals surface area contributed by atoms with Gasteiger partial charge in [0.1, 0.15) is 5.75 Å². The van der Waals surface area contributed by atoms with E-state index in [1.54, 1.807) is 24.7 Å². The number of nitrogens with zero attached hydrogens (tertiary/aromatic N) is 4. The largest absolute Gasteiger partial charge is 0.493 e. The van der Waals surface area contributed by atoms with Crippen LogP contribution in [0.3, 0.4) is 0 Å². The fourth-order valence-corrected chi connectivity index (χ4v) is 4.75. The van der Waals surface area contributed by atoms with E-state index in [4.69, 9.17) is 21.1 Å². The van der Waals surface area contributed by atoms with Gasteiger partial charge in [-0.15, -0.1) is 0 Å². The van der Waals surface area contributed by atoms with Crippen LogP contribution in [0.1, 0.15) is 25.7 Å². The lowest BCUT2D eigenvalue weighted by atomic mass is 9.77. The maximum Gasteiger partial charge on any atom is 0.224 e. The molecular weight excluding hydrogens is 444 g/mol. The number of morpholine rings is 1. The molecule has 178 valence electrons. The van der Waals surface area contributed by atoms with Gasteiger partial charge in [-0.25, -0.2) is 4.98 Å². The molecule has 2 saturated heterocycles. The monoisotopic (exact) mass is 474 g/mol. The lowest BCUT2D eigenvalue weighted by Crippen LogP contribution is -2.52. The van der Waals surface area contributed by atoms with Crippen molar-refractivity contribution < 1.29 is 19.1 Å². The maximum atomic E-state index is 13.2. The predicted octanol–water partition coefficient (Wildman–Crippen LogP) is 2.86. The minimum Gasteiger partial charge on any atom is -0.493 e. The van der Waals surface area contributed by atoms with E-state index in [1.165, 1.54) is 0 Å². The first-order valence-electron chi connectivity index (χ1n) is 11.5. The highest BCUT2D eigenvalue weighted by Gasteiger charge is 2.41. The first kappa shape index (κ1) is 23.6. The average Bonchev–Trinajstić information content (AvgIpc) is 3.36. The molecule has 2 aromatic rings. The van der Waals surface area contributed by atoms with Gasteiger partial charge in [0.25, 0.3) is 0 Å². The second kappa shape index (κ2) is 11.0. The molecule has 2 aliphatic heterocycles. The van der Waals surface area contributed by atoms with Gasteiger partial charge in [-0.05, 0) is 31.0 Å². The van der Waals surface area contributed by atoms with Crippen molar-refractivity contribution in [3.05, 3.63) is 48.0 Å². The van der Waals surface area contributed by atoms with E-state index in [0.717, 1.165) is 12.8 Å². The molecule has 0 aliphatic carbocycles. The Morgan fingerprint density at radius 2 is 2.00 bits per heavy atom. The number of hydrogen-bond acceptors (Lipinski definition) is 5. The molecule has 2 fully saturated rings. The van der Waals surface area contributed by atoms with Crippen molar-refractivity contribution in [1.29, 1.82) is 0 Å². The number of rotatable bonds is 8. The highest BCUT2D eigenvalue weighted by Crippen LogP contribution is 2.36. The van der Waals surface area contributed by atoms with E-state index in [0.29, 0.717) is 76.2 Å². The molecule has 4 rings (SSSR count). The summed E-state index contributed by atoms with van der Waals surface area (Å²) in [4.78, 5) is 34.0. The number of halogens is 1. The topological polar surface area (TPSA) is 76.9 Å². The van der Waals surface area contributed by atoms with Gasteiger partial charge in [-0.2, -0.15) is 0 Å². The van der Waals surface area contributed by atoms with E-state index in [2.05, 4.69) is 4.98 Å². The summed E-state index contributed by atoms with van der Waals surface area (Å²) in [7, 11) is 0. The van der Waals surface area contributed by atoms with Gasteiger partial charge in [0, 0.05) is 68.4 Å². The van der Waals surface area contributed by atoms with Crippen molar-refractivity contribution in [3.63, 3.8) is 0 Å². The van der Waals surface area contributed by atoms with E-state index in [-0.39, 0.29) is 11.8 Å². The number of piperidine rings is 1. The molecule has 0 saturated carbocycles. The van der Waals surface area contributed by atoms with Gasteiger partial charge in [0.05, 0.1) is 26.1 Å². The summed E-state index contributed by atoms with van der Waals surface area (Å²) in [5.41, 5.74) is -0.444. The van der Waals surface area contributed by atoms with Gasteiger partial charge in [0.15, 0.2) is 0 Å². The molecule has 8 nitrogen and oxygen atoms in total. The van der Waals surface area contributed by atoms with Crippen LogP contribution in [0.4, 0.5) is 0 Å². The molecule has 2 aliphatic rings. The highest BCUT2D eigenvalue weighted by atomic mass is 35.5. The van der Waals surface area contributed by atoms with Gasteiger partial charge < -0.3 is 23.8 Å². The molecule has 3 heterocycles. The smallest absolute Gasteiger partial charge is 0.224 e. The summed E-state index contributed by atoms with van der Waals surface area (Å²) in [5, 5.41) is 0.603. The molecule has 9 heteroatoms. The number of carbonyl (C=O) groups is 2. The zero-order chi connectivity index (χ0) is 23.1. The van der Waals surface area contributed by atoms with Crippen molar-refractivity contribution in [2.24, 2.45) is 5.41 Å². The number of benzene rings is 1. The van der Waals surface area contributed by atoms with Crippen LogP contribution >= 0.6 is 11.6 Å². The van der Waals surface area contributed by atoms with Gasteiger partial charge in [-0.3, -0.25) is 9.59 Å². The molecular formula is C24H31ClN4O4. The van der Waals surface area contributed by atoms with Crippen LogP contribution in [-0.2, 0) is 20.9 Å². The van der Waals surface area contributed by atoms with Crippen molar-refractivity contribution in [3.8, 4) is 5.75 Å². The lowest BCUT2D eigenvalue weighted by molar-refractivity contribution is -0.144. The summed E-state index contributed by atoms with van der Waals surface area (Å²) >= 11 is 6.12. The molecule has 1 aromatic heterocycles. The van der Waals surface area contributed by atoms with Crippen LogP contribution in [0.15, 0.2) is 43.0 Å². The summed E-state index contributed by atoms with van der Waals surface area (Å²) < 4.78 is 13.4. The summed E-state index contributed by atoms with van der Waals surface area (Å²) in [5.74, 6) is 0.860. The normalized spacial score (nSPS) is 21.1. The Balaban J connectivity index is 1.45. The fourth-order valence-electron chi connectivity index (χ4n) is 4.57. The first-order chi connectivity index (χ1) is 16.0. The number of hydrogen-bond donors (Lipinski definition) is 0. The first-order valence-corrected chi connectivity index (χ1v) is 11.9. The zero-order valence-electron chi connectivity index (χ0n) is 18.8. The summed E-state index contributed by atoms with van der Waals surface area (Å²) in [6.45, 7) is 4.51. The Hall–Kier alpha value is -2.58. The summed E-state index contributed by atoms with van der Waals surface area (Å²) in [6, 6.07) is 7.28. The lowest BCUT2D eigenvalue weighted by Gasteiger charge is -2.43. The third kappa shape index (κ3) is 6.48. The van der Waals surface area contributed by atoms with Crippen LogP contribution in [-0.4, -0.2) is 77.2 Å². The Labute approximate surface area is 199 Å². The highest BCUT2D eigenvalue weighted by molar-refractivity contribution is 6.30. The molecule has 2 amide bonds. The van der Waals surface area contributed by atoms with Crippen LogP contribution in [0, 0.1) is 5.41 Å². The molecule has 0 bridgehead atoms. The molecule has 1 aromatic carbocycles. The van der Waals surface area contributed by atoms with E-state index in [9.17, 15) is 9.59 Å². The molecule has 0 N–H and O–H groups in total. The SMILES string of the molecule is O=C(C[C@]1(COc2cccc(Cl)c2)CCCN(C(=O)CCn2ccnc2)C1)N1CCOCC1. The molecule has 1 atom stereocenters. The quantitative estimate of drug-likeness (QED) is 0.588. The zero-order valence-corrected chi connectivity index (χ0v) is 19.6. The Morgan fingerprint density at radius 1 is 1.15 bits per heavy atom. The number of carbonyl (C=O) groups excluding carboxylic acids is 2. The number of aromatic nitrogens is 2. The minimum absolute atomic E-state index is 0.0920. The second-order valence-corrected chi connectivity index (χ2v) is 9.32. The van der Waals surface area contributed by atoms with Crippen LogP contribution in [0.2, 0.25) is 5.02 Å². The van der Waals surface area contributed by atoms with Crippen LogP contribution < -0.4 is 4.74 Å². The third-order valence-corrected chi connectivity index (χ3v) is 6.62. The van der Waals surface area contributed by atoms with E-state index < -0.39 is 5.41 Å². The fraction of sp³-hybridized carbons (Fsp3) is 0.542. The molecule has 0 radical (unpaired) electrons. The van der Waals surface area contributed by atoms with Crippen molar-refractivity contribution >= 4 is 23.4 Å². The standard InChI is InChI=1S/C24H31ClN4O4/c25-20-3-1-4-21(15-20)33-18-24(16-23(31)28-11-13-32-14-12-28)6-2-8-29(17-24)22(30)5-9-27-10-7-26-19-27/h1,3-4,7,10,15,19H,2,5-6,8-9,11-14,16-18H2/t24-/m1/s1. The van der Waals surface area contributed by atoms with Gasteiger partial charge in [0.2, 0.25) is 11.8 Å². The summed E-state index contributed by atoms with van der Waals surface area (Å²) in [6.07, 6.45) is 7.70. The Bertz CT molecular complexity index is 932. The minimum atomic E-state index is -0.444. The maximum absolute atomic E-state index is 13.2. The number of likely N-dealkylation sites (tertiary alicyclic amines) is 1. The van der Waals surface area contributed by atoms with E-state index >= 15 is 0 Å². The van der Waals surface area contributed by atoms with Crippen LogP contribution in [0.25, 0.3) is 0 Å². The van der Waals surface area contributed by atoms with Crippen molar-refractivity contribution in [2.75, 3.05) is 46.0 Å². The Morgan fingerprint density at radius 3 is 2.76 bits per heavy atom. The molecule has 0 unspecified atom stereocenters. The van der Waals surface area contributed by atoms with Gasteiger partial charge in [-0.1, -0.05) is 17.7 Å². The number of ether oxygens (including phenoxy) is 2. The van der Waals surface area contributed by atoms with E-state index in [1.807, 2.05) is 32.7 Å². The van der Waals surface area contributed by atoms with Gasteiger partial charge >= 0.3 is 0 Å². The van der Waals surface area contributed by atoms with Crippen molar-refractivity contribution in [1.82, 2.24) is 19.4 Å². The van der Waals surface area contributed by atoms with Crippen molar-refractivity contribution in [2.45, 2.75) is 32.2 Å². The predicted molar refractivity (Wildman–Crippen MR) is 124 cm³/mol. The third-order valence-electron chi connectivity index (χ3n) is 6.39. The average molecular weight is 475 g/mol. The number of amides is 2. The second-order valence-electron chi connectivity index (χ2n) is 8.89.